The number of nitrogens with one attached hydrogen (secondary N) is 1. The van der Waals surface area contributed by atoms with Gasteiger partial charge in [-0.15, -0.1) is 0 Å². The highest BCUT2D eigenvalue weighted by atomic mass is 35.5. The van der Waals surface area contributed by atoms with Crippen molar-refractivity contribution in [2.45, 2.75) is 38.6 Å². The molecule has 1 N–H and O–H groups in total. The second-order valence-corrected chi connectivity index (χ2v) is 10.00. The number of amides is 2. The van der Waals surface area contributed by atoms with Crippen molar-refractivity contribution in [3.8, 4) is 5.75 Å². The smallest absolute Gasteiger partial charge is 0.258 e. The Bertz CT molecular complexity index is 956. The van der Waals surface area contributed by atoms with Gasteiger partial charge < -0.3 is 15.0 Å². The molecule has 7 heteroatoms. The summed E-state index contributed by atoms with van der Waals surface area (Å²) in [5.41, 5.74) is 1.24. The van der Waals surface area contributed by atoms with Crippen molar-refractivity contribution in [1.29, 1.82) is 0 Å². The number of ether oxygens (including phenoxy) is 1. The lowest BCUT2D eigenvalue weighted by Crippen LogP contribution is -2.48. The lowest BCUT2D eigenvalue weighted by molar-refractivity contribution is -0.134. The van der Waals surface area contributed by atoms with Gasteiger partial charge >= 0.3 is 0 Å². The zero-order valence-electron chi connectivity index (χ0n) is 18.2. The highest BCUT2D eigenvalue weighted by Crippen LogP contribution is 2.55. The van der Waals surface area contributed by atoms with E-state index in [0.717, 1.165) is 30.7 Å². The molecule has 0 aromatic heterocycles. The summed E-state index contributed by atoms with van der Waals surface area (Å²) in [6, 6.07) is 14.9. The van der Waals surface area contributed by atoms with Gasteiger partial charge in [0.15, 0.2) is 6.61 Å². The number of benzene rings is 2. The number of piperidine rings is 1. The van der Waals surface area contributed by atoms with E-state index in [4.69, 9.17) is 27.9 Å². The molecule has 0 spiro atoms. The summed E-state index contributed by atoms with van der Waals surface area (Å²) in [7, 11) is 0. The van der Waals surface area contributed by atoms with E-state index in [0.29, 0.717) is 23.9 Å². The molecule has 2 atom stereocenters. The Balaban J connectivity index is 1.19. The summed E-state index contributed by atoms with van der Waals surface area (Å²) in [5.74, 6) is 0.785. The van der Waals surface area contributed by atoms with Crippen LogP contribution in [0.3, 0.4) is 0 Å². The van der Waals surface area contributed by atoms with Crippen LogP contribution in [-0.4, -0.2) is 42.5 Å². The van der Waals surface area contributed by atoms with E-state index in [-0.39, 0.29) is 35.8 Å². The number of likely N-dealkylation sites (tertiary alicyclic amines) is 1. The summed E-state index contributed by atoms with van der Waals surface area (Å²) in [6.45, 7) is 3.51. The highest BCUT2D eigenvalue weighted by molar-refractivity contribution is 6.30. The Kier molecular flexibility index (Phi) is 6.96. The van der Waals surface area contributed by atoms with Crippen LogP contribution in [0.1, 0.15) is 31.7 Å². The third kappa shape index (κ3) is 5.76. The van der Waals surface area contributed by atoms with Crippen LogP contribution >= 0.6 is 23.2 Å². The van der Waals surface area contributed by atoms with Crippen molar-refractivity contribution in [2.24, 2.45) is 11.3 Å². The molecule has 170 valence electrons. The molecule has 2 aromatic rings. The average Bonchev–Trinajstić information content (AvgIpc) is 3.45. The van der Waals surface area contributed by atoms with Crippen molar-refractivity contribution in [3.05, 3.63) is 64.1 Å². The Morgan fingerprint density at radius 2 is 1.62 bits per heavy atom. The molecule has 1 saturated heterocycles. The summed E-state index contributed by atoms with van der Waals surface area (Å²) in [4.78, 5) is 27.2. The van der Waals surface area contributed by atoms with Crippen LogP contribution in [0.5, 0.6) is 5.75 Å². The third-order valence-electron chi connectivity index (χ3n) is 6.53. The van der Waals surface area contributed by atoms with Crippen LogP contribution < -0.4 is 10.1 Å². The second kappa shape index (κ2) is 9.72. The van der Waals surface area contributed by atoms with Crippen LogP contribution in [0.15, 0.2) is 48.5 Å². The van der Waals surface area contributed by atoms with Crippen molar-refractivity contribution in [2.75, 3.05) is 19.7 Å². The van der Waals surface area contributed by atoms with Gasteiger partial charge in [-0.25, -0.2) is 0 Å². The highest BCUT2D eigenvalue weighted by Gasteiger charge is 2.55. The minimum absolute atomic E-state index is 0.0228. The lowest BCUT2D eigenvalue weighted by Gasteiger charge is -2.33. The van der Waals surface area contributed by atoms with Crippen molar-refractivity contribution < 1.29 is 14.3 Å². The molecule has 1 aliphatic carbocycles. The summed E-state index contributed by atoms with van der Waals surface area (Å²) < 4.78 is 5.50. The molecule has 1 saturated carbocycles. The normalized spacial score (nSPS) is 23.0. The number of hydrogen-bond donors (Lipinski definition) is 1. The van der Waals surface area contributed by atoms with Crippen LogP contribution in [-0.2, 0) is 16.0 Å². The van der Waals surface area contributed by atoms with E-state index < -0.39 is 0 Å². The standard InChI is InChI=1S/C25H28Cl2N2O3/c1-25(14-17-2-4-18(26)5-3-17)15-22(25)24(31)29-12-10-20(11-13-29)28-23(30)16-32-21-8-6-19(27)7-9-21/h2-9,20,22H,10-16H2,1H3,(H,28,30)/t22-,25-/m0/s1. The van der Waals surface area contributed by atoms with Crippen LogP contribution in [0.2, 0.25) is 10.0 Å². The molecule has 2 amide bonds. The fourth-order valence-corrected chi connectivity index (χ4v) is 4.72. The fraction of sp³-hybridized carbons (Fsp3) is 0.440. The molecule has 5 nitrogen and oxygen atoms in total. The summed E-state index contributed by atoms with van der Waals surface area (Å²) >= 11 is 11.8. The van der Waals surface area contributed by atoms with E-state index in [2.05, 4.69) is 12.2 Å². The minimum atomic E-state index is -0.151. The van der Waals surface area contributed by atoms with E-state index in [1.165, 1.54) is 5.56 Å². The van der Waals surface area contributed by atoms with E-state index >= 15 is 0 Å². The second-order valence-electron chi connectivity index (χ2n) is 9.12. The zero-order valence-corrected chi connectivity index (χ0v) is 19.7. The van der Waals surface area contributed by atoms with Gasteiger partial charge in [-0.2, -0.15) is 0 Å². The van der Waals surface area contributed by atoms with Gasteiger partial charge in [0.1, 0.15) is 5.75 Å². The average molecular weight is 475 g/mol. The Hall–Kier alpha value is -2.24. The Morgan fingerprint density at radius 3 is 2.25 bits per heavy atom. The van der Waals surface area contributed by atoms with Gasteiger partial charge in [-0.3, -0.25) is 9.59 Å². The number of hydrogen-bond acceptors (Lipinski definition) is 3. The Labute approximate surface area is 199 Å². The first-order valence-electron chi connectivity index (χ1n) is 11.0. The molecule has 1 heterocycles. The molecule has 1 aliphatic heterocycles. The first-order valence-corrected chi connectivity index (χ1v) is 11.8. The molecule has 4 rings (SSSR count). The molecule has 2 aliphatic rings. The van der Waals surface area contributed by atoms with Crippen LogP contribution in [0.4, 0.5) is 0 Å². The Morgan fingerprint density at radius 1 is 1.03 bits per heavy atom. The number of carbonyl (C=O) groups excluding carboxylic acids is 2. The number of nitrogens with zero attached hydrogens (tertiary/aromatic N) is 1. The van der Waals surface area contributed by atoms with E-state index in [1.54, 1.807) is 24.3 Å². The first-order chi connectivity index (χ1) is 15.3. The van der Waals surface area contributed by atoms with Gasteiger partial charge in [-0.05, 0) is 73.1 Å². The number of carbonyl (C=O) groups is 2. The first kappa shape index (κ1) is 22.9. The number of rotatable bonds is 7. The van der Waals surface area contributed by atoms with Gasteiger partial charge in [0.25, 0.3) is 5.91 Å². The third-order valence-corrected chi connectivity index (χ3v) is 7.03. The maximum absolute atomic E-state index is 13.0. The zero-order chi connectivity index (χ0) is 22.7. The molecule has 32 heavy (non-hydrogen) atoms. The molecule has 2 aromatic carbocycles. The fourth-order valence-electron chi connectivity index (χ4n) is 4.47. The van der Waals surface area contributed by atoms with Crippen molar-refractivity contribution in [3.63, 3.8) is 0 Å². The summed E-state index contributed by atoms with van der Waals surface area (Å²) in [6.07, 6.45) is 3.34. The maximum Gasteiger partial charge on any atom is 0.258 e. The number of halogens is 2. The van der Waals surface area contributed by atoms with E-state index in [9.17, 15) is 9.59 Å². The van der Waals surface area contributed by atoms with Crippen LogP contribution in [0.25, 0.3) is 0 Å². The van der Waals surface area contributed by atoms with Crippen molar-refractivity contribution in [1.82, 2.24) is 10.2 Å². The quantitative estimate of drug-likeness (QED) is 0.629. The largest absolute Gasteiger partial charge is 0.484 e. The molecule has 0 unspecified atom stereocenters. The summed E-state index contributed by atoms with van der Waals surface area (Å²) in [5, 5.41) is 4.37. The SMILES string of the molecule is C[C@]1(Cc2ccc(Cl)cc2)C[C@H]1C(=O)N1CCC(NC(=O)COc2ccc(Cl)cc2)CC1. The van der Waals surface area contributed by atoms with Gasteiger partial charge in [0.05, 0.1) is 0 Å². The monoisotopic (exact) mass is 474 g/mol. The molecule has 0 radical (unpaired) electrons. The van der Waals surface area contributed by atoms with E-state index in [1.807, 2.05) is 29.2 Å². The lowest BCUT2D eigenvalue weighted by atomic mass is 9.95. The van der Waals surface area contributed by atoms with Gasteiger partial charge in [0, 0.05) is 35.1 Å². The molecular formula is C25H28Cl2N2O3. The molecular weight excluding hydrogens is 447 g/mol. The topological polar surface area (TPSA) is 58.6 Å². The predicted molar refractivity (Wildman–Crippen MR) is 126 cm³/mol. The van der Waals surface area contributed by atoms with Crippen LogP contribution in [0, 0.1) is 11.3 Å². The van der Waals surface area contributed by atoms with Gasteiger partial charge in [-0.1, -0.05) is 42.3 Å². The predicted octanol–water partition coefficient (Wildman–Crippen LogP) is 4.75. The van der Waals surface area contributed by atoms with Crippen molar-refractivity contribution >= 4 is 35.0 Å². The molecule has 0 bridgehead atoms. The van der Waals surface area contributed by atoms with Gasteiger partial charge in [0.2, 0.25) is 5.91 Å². The minimum Gasteiger partial charge on any atom is -0.484 e. The maximum atomic E-state index is 13.0. The molecule has 2 fully saturated rings.